The molecule has 0 radical (unpaired) electrons. The topological polar surface area (TPSA) is 67.2 Å². The Kier molecular flexibility index (Phi) is 5.28. The zero-order valence-corrected chi connectivity index (χ0v) is 9.39. The van der Waals surface area contributed by atoms with E-state index in [4.69, 9.17) is 5.11 Å². The van der Waals surface area contributed by atoms with Crippen LogP contribution in [0.25, 0.3) is 0 Å². The van der Waals surface area contributed by atoms with E-state index in [-0.39, 0.29) is 0 Å². The minimum absolute atomic E-state index is 0.616. The van der Waals surface area contributed by atoms with Crippen molar-refractivity contribution in [3.05, 3.63) is 30.1 Å². The summed E-state index contributed by atoms with van der Waals surface area (Å²) in [7, 11) is 0. The third-order valence-corrected chi connectivity index (χ3v) is 2.07. The summed E-state index contributed by atoms with van der Waals surface area (Å²) in [6, 6.07) is 1.90. The van der Waals surface area contributed by atoms with Crippen LogP contribution in [0, 0.1) is 0 Å². The number of rotatable bonds is 7. The molecule has 0 aromatic carbocycles. The fraction of sp³-hybridized carbons (Fsp3) is 0.455. The summed E-state index contributed by atoms with van der Waals surface area (Å²) < 4.78 is 1.88. The minimum Gasteiger partial charge on any atom is -0.478 e. The first-order valence-electron chi connectivity index (χ1n) is 5.27. The van der Waals surface area contributed by atoms with Crippen LogP contribution >= 0.6 is 0 Å². The monoisotopic (exact) mass is 223 g/mol. The Morgan fingerprint density at radius 3 is 3.06 bits per heavy atom. The van der Waals surface area contributed by atoms with Crippen molar-refractivity contribution in [2.45, 2.75) is 19.9 Å². The molecule has 2 N–H and O–H groups in total. The highest BCUT2D eigenvalue weighted by Crippen LogP contribution is 1.91. The van der Waals surface area contributed by atoms with Crippen LogP contribution in [-0.4, -0.2) is 33.9 Å². The number of carbonyl (C=O) groups is 1. The van der Waals surface area contributed by atoms with E-state index in [1.54, 1.807) is 13.1 Å². The molecule has 1 rings (SSSR count). The van der Waals surface area contributed by atoms with E-state index in [0.29, 0.717) is 6.54 Å². The lowest BCUT2D eigenvalue weighted by atomic mass is 10.3. The van der Waals surface area contributed by atoms with Gasteiger partial charge in [-0.25, -0.2) is 4.79 Å². The van der Waals surface area contributed by atoms with Crippen molar-refractivity contribution in [2.75, 3.05) is 13.1 Å². The van der Waals surface area contributed by atoms with Crippen LogP contribution in [0.3, 0.4) is 0 Å². The van der Waals surface area contributed by atoms with Gasteiger partial charge in [-0.05, 0) is 26.0 Å². The number of hydrogen-bond donors (Lipinski definition) is 2. The molecule has 0 aliphatic carbocycles. The molecule has 0 atom stereocenters. The first kappa shape index (κ1) is 12.4. The maximum Gasteiger partial charge on any atom is 0.328 e. The first-order chi connectivity index (χ1) is 7.68. The Morgan fingerprint density at radius 2 is 2.44 bits per heavy atom. The Hall–Kier alpha value is -1.62. The van der Waals surface area contributed by atoms with Crippen LogP contribution in [0.2, 0.25) is 0 Å². The Morgan fingerprint density at radius 1 is 1.62 bits per heavy atom. The van der Waals surface area contributed by atoms with Gasteiger partial charge in [-0.3, -0.25) is 4.68 Å². The maximum absolute atomic E-state index is 10.3. The summed E-state index contributed by atoms with van der Waals surface area (Å²) in [5.41, 5.74) is 0.826. The molecule has 0 aliphatic heterocycles. The largest absolute Gasteiger partial charge is 0.478 e. The van der Waals surface area contributed by atoms with E-state index in [9.17, 15) is 4.79 Å². The molecule has 0 unspecified atom stereocenters. The van der Waals surface area contributed by atoms with Gasteiger partial charge < -0.3 is 10.4 Å². The van der Waals surface area contributed by atoms with Crippen LogP contribution in [-0.2, 0) is 11.3 Å². The van der Waals surface area contributed by atoms with E-state index >= 15 is 0 Å². The highest BCUT2D eigenvalue weighted by molar-refractivity contribution is 5.80. The zero-order valence-electron chi connectivity index (χ0n) is 9.39. The summed E-state index contributed by atoms with van der Waals surface area (Å²) in [6.07, 6.45) is 5.88. The second kappa shape index (κ2) is 6.79. The highest BCUT2D eigenvalue weighted by atomic mass is 16.4. The fourth-order valence-corrected chi connectivity index (χ4v) is 1.35. The van der Waals surface area contributed by atoms with Crippen molar-refractivity contribution in [3.63, 3.8) is 0 Å². The average Bonchev–Trinajstić information content (AvgIpc) is 2.68. The van der Waals surface area contributed by atoms with Crippen LogP contribution in [0.15, 0.2) is 30.1 Å². The molecule has 1 aromatic heterocycles. The molecule has 0 saturated carbocycles. The molecular formula is C11H17N3O2. The second-order valence-corrected chi connectivity index (χ2v) is 3.63. The normalized spacial score (nSPS) is 11.7. The summed E-state index contributed by atoms with van der Waals surface area (Å²) in [5, 5.41) is 15.8. The van der Waals surface area contributed by atoms with E-state index in [1.807, 2.05) is 16.9 Å². The quantitative estimate of drug-likeness (QED) is 0.532. The molecule has 0 saturated heterocycles. The highest BCUT2D eigenvalue weighted by Gasteiger charge is 1.94. The number of nitrogens with one attached hydrogen (secondary N) is 1. The molecule has 0 amide bonds. The van der Waals surface area contributed by atoms with E-state index in [1.165, 1.54) is 6.08 Å². The average molecular weight is 223 g/mol. The smallest absolute Gasteiger partial charge is 0.328 e. The van der Waals surface area contributed by atoms with Crippen molar-refractivity contribution < 1.29 is 9.90 Å². The zero-order chi connectivity index (χ0) is 11.8. The molecule has 88 valence electrons. The molecule has 0 fully saturated rings. The second-order valence-electron chi connectivity index (χ2n) is 3.63. The van der Waals surface area contributed by atoms with Crippen molar-refractivity contribution in [3.8, 4) is 0 Å². The Balaban J connectivity index is 2.06. The lowest BCUT2D eigenvalue weighted by Gasteiger charge is -2.04. The van der Waals surface area contributed by atoms with Crippen LogP contribution in [0.5, 0.6) is 0 Å². The Labute approximate surface area is 94.8 Å². The van der Waals surface area contributed by atoms with Gasteiger partial charge in [-0.1, -0.05) is 5.57 Å². The van der Waals surface area contributed by atoms with Crippen LogP contribution in [0.4, 0.5) is 0 Å². The predicted octanol–water partition coefficient (Wildman–Crippen LogP) is 0.894. The van der Waals surface area contributed by atoms with Gasteiger partial charge in [0.25, 0.3) is 0 Å². The summed E-state index contributed by atoms with van der Waals surface area (Å²) in [4.78, 5) is 10.3. The van der Waals surface area contributed by atoms with E-state index < -0.39 is 5.97 Å². The molecule has 1 aromatic rings. The van der Waals surface area contributed by atoms with E-state index in [0.717, 1.165) is 25.1 Å². The van der Waals surface area contributed by atoms with Crippen LogP contribution < -0.4 is 5.32 Å². The lowest BCUT2D eigenvalue weighted by Crippen LogP contribution is -2.19. The minimum atomic E-state index is -0.893. The molecule has 0 aliphatic rings. The van der Waals surface area contributed by atoms with Gasteiger partial charge in [0, 0.05) is 31.6 Å². The Bertz CT molecular complexity index is 344. The van der Waals surface area contributed by atoms with Gasteiger partial charge in [0.1, 0.15) is 0 Å². The number of carboxylic acids is 1. The third kappa shape index (κ3) is 5.31. The number of nitrogens with zero attached hydrogens (tertiary/aromatic N) is 2. The molecule has 1 heterocycles. The van der Waals surface area contributed by atoms with Crippen molar-refractivity contribution in [1.29, 1.82) is 0 Å². The van der Waals surface area contributed by atoms with Gasteiger partial charge in [-0.15, -0.1) is 0 Å². The van der Waals surface area contributed by atoms with Crippen molar-refractivity contribution in [1.82, 2.24) is 15.1 Å². The van der Waals surface area contributed by atoms with Crippen LogP contribution in [0.1, 0.15) is 13.3 Å². The predicted molar refractivity (Wildman–Crippen MR) is 61.1 cm³/mol. The van der Waals surface area contributed by atoms with Gasteiger partial charge in [0.2, 0.25) is 0 Å². The van der Waals surface area contributed by atoms with E-state index in [2.05, 4.69) is 10.4 Å². The maximum atomic E-state index is 10.3. The molecule has 0 spiro atoms. The third-order valence-electron chi connectivity index (χ3n) is 2.07. The van der Waals surface area contributed by atoms with Gasteiger partial charge in [0.15, 0.2) is 0 Å². The molecule has 16 heavy (non-hydrogen) atoms. The standard InChI is InChI=1S/C11H17N3O2/c1-10(8-11(15)16)9-12-4-2-6-14-7-3-5-13-14/h3,5,7-8,12H,2,4,6,9H2,1H3,(H,15,16)/b10-8-. The molecule has 5 nitrogen and oxygen atoms in total. The number of aryl methyl sites for hydroxylation is 1. The number of carboxylic acid groups (broad SMARTS) is 1. The first-order valence-corrected chi connectivity index (χ1v) is 5.27. The molecule has 5 heteroatoms. The number of aromatic nitrogens is 2. The number of aliphatic carboxylic acids is 1. The van der Waals surface area contributed by atoms with Crippen molar-refractivity contribution >= 4 is 5.97 Å². The van der Waals surface area contributed by atoms with Gasteiger partial charge >= 0.3 is 5.97 Å². The SMILES string of the molecule is C/C(=C/C(=O)O)CNCCCn1cccn1. The van der Waals surface area contributed by atoms with Gasteiger partial charge in [-0.2, -0.15) is 5.10 Å². The van der Waals surface area contributed by atoms with Crippen molar-refractivity contribution in [2.24, 2.45) is 0 Å². The van der Waals surface area contributed by atoms with Gasteiger partial charge in [0.05, 0.1) is 0 Å². The fourth-order valence-electron chi connectivity index (χ4n) is 1.35. The molecule has 0 bridgehead atoms. The summed E-state index contributed by atoms with van der Waals surface area (Å²) >= 11 is 0. The lowest BCUT2D eigenvalue weighted by molar-refractivity contribution is -0.131. The summed E-state index contributed by atoms with van der Waals surface area (Å²) in [6.45, 7) is 4.15. The molecular weight excluding hydrogens is 206 g/mol. The summed E-state index contributed by atoms with van der Waals surface area (Å²) in [5.74, 6) is -0.893. The number of hydrogen-bond acceptors (Lipinski definition) is 3.